The summed E-state index contributed by atoms with van der Waals surface area (Å²) in [7, 11) is 0. The predicted octanol–water partition coefficient (Wildman–Crippen LogP) is 4.73. The molecule has 0 radical (unpaired) electrons. The molecule has 1 aliphatic rings. The summed E-state index contributed by atoms with van der Waals surface area (Å²) >= 11 is 7.78. The quantitative estimate of drug-likeness (QED) is 0.440. The van der Waals surface area contributed by atoms with Crippen molar-refractivity contribution in [3.05, 3.63) is 39.6 Å². The van der Waals surface area contributed by atoms with Crippen molar-refractivity contribution < 1.29 is 9.53 Å². The van der Waals surface area contributed by atoms with Crippen molar-refractivity contribution in [3.8, 4) is 11.3 Å². The summed E-state index contributed by atoms with van der Waals surface area (Å²) < 4.78 is 7.58. The summed E-state index contributed by atoms with van der Waals surface area (Å²) in [4.78, 5) is 19.5. The molecule has 4 rings (SSSR count). The predicted molar refractivity (Wildman–Crippen MR) is 117 cm³/mol. The van der Waals surface area contributed by atoms with Crippen LogP contribution in [0.3, 0.4) is 0 Å². The van der Waals surface area contributed by atoms with Gasteiger partial charge in [0.2, 0.25) is 5.91 Å². The number of thiazole rings is 1. The average Bonchev–Trinajstić information content (AvgIpc) is 3.47. The molecule has 28 heavy (non-hydrogen) atoms. The van der Waals surface area contributed by atoms with E-state index < -0.39 is 0 Å². The Morgan fingerprint density at radius 3 is 2.89 bits per heavy atom. The van der Waals surface area contributed by atoms with E-state index in [0.29, 0.717) is 17.4 Å². The fourth-order valence-corrected chi connectivity index (χ4v) is 5.34. The first kappa shape index (κ1) is 20.0. The summed E-state index contributed by atoms with van der Waals surface area (Å²) in [5, 5.41) is 10.5. The van der Waals surface area contributed by atoms with E-state index in [-0.39, 0.29) is 12.0 Å². The number of anilines is 1. The third-order valence-electron chi connectivity index (χ3n) is 4.23. The van der Waals surface area contributed by atoms with Crippen LogP contribution in [0.1, 0.15) is 12.8 Å². The van der Waals surface area contributed by atoms with E-state index in [1.54, 1.807) is 10.4 Å². The number of hydrogen-bond donors (Lipinski definition) is 0. The van der Waals surface area contributed by atoms with Crippen LogP contribution in [0.5, 0.6) is 0 Å². The number of carbonyl (C=O) groups excluding carboxylic acids is 1. The maximum atomic E-state index is 13.0. The van der Waals surface area contributed by atoms with Gasteiger partial charge in [-0.15, -0.1) is 21.5 Å². The third kappa shape index (κ3) is 4.98. The normalized spacial score (nSPS) is 16.4. The van der Waals surface area contributed by atoms with Gasteiger partial charge in [0.05, 0.1) is 24.1 Å². The second-order valence-electron chi connectivity index (χ2n) is 6.15. The van der Waals surface area contributed by atoms with Gasteiger partial charge in [-0.1, -0.05) is 51.2 Å². The third-order valence-corrected chi connectivity index (χ3v) is 7.47. The van der Waals surface area contributed by atoms with Crippen LogP contribution in [0.25, 0.3) is 11.3 Å². The smallest absolute Gasteiger partial charge is 0.239 e. The highest BCUT2D eigenvalue weighted by molar-refractivity contribution is 9.10. The Kier molecular flexibility index (Phi) is 6.73. The summed E-state index contributed by atoms with van der Waals surface area (Å²) in [6.45, 7) is 1.29. The second-order valence-corrected chi connectivity index (χ2v) is 9.96. The molecule has 3 heterocycles. The lowest BCUT2D eigenvalue weighted by atomic mass is 10.2. The Labute approximate surface area is 183 Å². The lowest BCUT2D eigenvalue weighted by molar-refractivity contribution is -0.116. The number of rotatable bonds is 7. The van der Waals surface area contributed by atoms with Crippen LogP contribution in [0.15, 0.2) is 44.0 Å². The van der Waals surface area contributed by atoms with E-state index in [4.69, 9.17) is 9.72 Å². The van der Waals surface area contributed by atoms with Gasteiger partial charge >= 0.3 is 0 Å². The van der Waals surface area contributed by atoms with Crippen molar-refractivity contribution in [3.63, 3.8) is 0 Å². The van der Waals surface area contributed by atoms with Gasteiger partial charge < -0.3 is 4.74 Å². The SMILES string of the molecule is O=C(CSc1nncs1)N(C[C@H]1CCCO1)c1nc(-c2ccc(Br)cc2)cs1. The molecule has 1 atom stereocenters. The first-order valence-corrected chi connectivity index (χ1v) is 12.3. The number of halogens is 1. The van der Waals surface area contributed by atoms with E-state index in [2.05, 4.69) is 26.1 Å². The summed E-state index contributed by atoms with van der Waals surface area (Å²) in [6.07, 6.45) is 2.07. The Bertz CT molecular complexity index is 911. The van der Waals surface area contributed by atoms with Crippen LogP contribution in [0.4, 0.5) is 5.13 Å². The number of aromatic nitrogens is 3. The van der Waals surface area contributed by atoms with E-state index in [1.807, 2.05) is 29.6 Å². The fraction of sp³-hybridized carbons (Fsp3) is 0.333. The molecule has 0 aliphatic carbocycles. The monoisotopic (exact) mass is 496 g/mol. The Balaban J connectivity index is 1.52. The average molecular weight is 497 g/mol. The molecule has 1 aromatic carbocycles. The number of carbonyl (C=O) groups is 1. The zero-order valence-electron chi connectivity index (χ0n) is 14.8. The van der Waals surface area contributed by atoms with Crippen LogP contribution in [0, 0.1) is 0 Å². The van der Waals surface area contributed by atoms with Gasteiger partial charge in [0.25, 0.3) is 0 Å². The largest absolute Gasteiger partial charge is 0.376 e. The van der Waals surface area contributed by atoms with E-state index in [9.17, 15) is 4.79 Å². The fourth-order valence-electron chi connectivity index (χ4n) is 2.85. The number of nitrogens with zero attached hydrogens (tertiary/aromatic N) is 4. The Hall–Kier alpha value is -1.33. The van der Waals surface area contributed by atoms with Gasteiger partial charge in [0.15, 0.2) is 9.47 Å². The molecule has 146 valence electrons. The molecule has 6 nitrogen and oxygen atoms in total. The van der Waals surface area contributed by atoms with Gasteiger partial charge in [-0.2, -0.15) is 0 Å². The van der Waals surface area contributed by atoms with Gasteiger partial charge in [-0.3, -0.25) is 9.69 Å². The van der Waals surface area contributed by atoms with Gasteiger partial charge in [-0.05, 0) is 25.0 Å². The van der Waals surface area contributed by atoms with E-state index in [1.165, 1.54) is 34.4 Å². The molecule has 1 saturated heterocycles. The molecule has 10 heteroatoms. The highest BCUT2D eigenvalue weighted by atomic mass is 79.9. The molecule has 0 unspecified atom stereocenters. The van der Waals surface area contributed by atoms with Crippen LogP contribution < -0.4 is 4.90 Å². The Morgan fingerprint density at radius 1 is 1.32 bits per heavy atom. The molecule has 0 N–H and O–H groups in total. The molecular weight excluding hydrogens is 480 g/mol. The van der Waals surface area contributed by atoms with Gasteiger partial charge in [-0.25, -0.2) is 4.98 Å². The lowest BCUT2D eigenvalue weighted by Gasteiger charge is -2.22. The number of thioether (sulfide) groups is 1. The molecule has 3 aromatic rings. The number of ether oxygens (including phenoxy) is 1. The van der Waals surface area contributed by atoms with Crippen molar-refractivity contribution in [1.29, 1.82) is 0 Å². The maximum Gasteiger partial charge on any atom is 0.239 e. The molecule has 1 aliphatic heterocycles. The second kappa shape index (κ2) is 9.45. The van der Waals surface area contributed by atoms with Gasteiger partial charge in [0, 0.05) is 22.0 Å². The minimum Gasteiger partial charge on any atom is -0.376 e. The van der Waals surface area contributed by atoms with Crippen molar-refractivity contribution >= 4 is 61.4 Å². The highest BCUT2D eigenvalue weighted by Gasteiger charge is 2.26. The molecule has 1 fully saturated rings. The number of benzene rings is 1. The summed E-state index contributed by atoms with van der Waals surface area (Å²) in [6, 6.07) is 8.01. The molecule has 0 bridgehead atoms. The topological polar surface area (TPSA) is 68.2 Å². The van der Waals surface area contributed by atoms with Crippen LogP contribution in [-0.2, 0) is 9.53 Å². The molecule has 0 spiro atoms. The zero-order valence-corrected chi connectivity index (χ0v) is 18.8. The standard InChI is InChI=1S/C18H17BrN4O2S3/c19-13-5-3-12(4-6-13)15-9-26-17(21-15)23(8-14-2-1-7-25-14)16(24)10-27-18-22-20-11-28-18/h3-6,9,11,14H,1-2,7-8,10H2/t14-/m1/s1. The maximum absolute atomic E-state index is 13.0. The van der Waals surface area contributed by atoms with Crippen molar-refractivity contribution in [2.45, 2.75) is 23.3 Å². The van der Waals surface area contributed by atoms with Crippen LogP contribution in [-0.4, -0.2) is 46.1 Å². The number of amides is 1. The van der Waals surface area contributed by atoms with Crippen molar-refractivity contribution in [1.82, 2.24) is 15.2 Å². The molecule has 0 saturated carbocycles. The van der Waals surface area contributed by atoms with Crippen LogP contribution >= 0.6 is 50.4 Å². The zero-order chi connectivity index (χ0) is 19.3. The first-order valence-electron chi connectivity index (χ1n) is 8.71. The summed E-state index contributed by atoms with van der Waals surface area (Å²) in [5.41, 5.74) is 3.57. The van der Waals surface area contributed by atoms with E-state index in [0.717, 1.165) is 39.5 Å². The molecule has 2 aromatic heterocycles. The van der Waals surface area contributed by atoms with Crippen LogP contribution in [0.2, 0.25) is 0 Å². The first-order chi connectivity index (χ1) is 13.7. The summed E-state index contributed by atoms with van der Waals surface area (Å²) in [5.74, 6) is 0.308. The van der Waals surface area contributed by atoms with E-state index >= 15 is 0 Å². The highest BCUT2D eigenvalue weighted by Crippen LogP contribution is 2.30. The molecule has 1 amide bonds. The number of hydrogen-bond acceptors (Lipinski definition) is 8. The van der Waals surface area contributed by atoms with Crippen molar-refractivity contribution in [2.75, 3.05) is 23.8 Å². The van der Waals surface area contributed by atoms with Crippen molar-refractivity contribution in [2.24, 2.45) is 0 Å². The van der Waals surface area contributed by atoms with Gasteiger partial charge in [0.1, 0.15) is 5.51 Å². The Morgan fingerprint density at radius 2 is 2.18 bits per heavy atom. The molecular formula is C18H17BrN4O2S3. The minimum atomic E-state index is 0.00686. The minimum absolute atomic E-state index is 0.00686. The lowest BCUT2D eigenvalue weighted by Crippen LogP contribution is -2.38.